The van der Waals surface area contributed by atoms with Crippen LogP contribution in [0.1, 0.15) is 24.1 Å². The van der Waals surface area contributed by atoms with Crippen molar-refractivity contribution in [3.63, 3.8) is 0 Å². The van der Waals surface area contributed by atoms with Crippen LogP contribution in [0.5, 0.6) is 0 Å². The normalized spacial score (nSPS) is 21.3. The molecule has 1 N–H and O–H groups in total. The largest absolute Gasteiger partial charge is 0.380 e. The van der Waals surface area contributed by atoms with E-state index in [0.717, 1.165) is 24.3 Å². The standard InChI is InChI=1S/C14H22N2O3S2/c17-21(18,16-8-1-10-19-11-9-16)14-5-4-13(20-14)6-7-15-12-2-3-12/h4-5,12,15H,1-3,6-11H2. The minimum Gasteiger partial charge on any atom is -0.380 e. The first-order valence-electron chi connectivity index (χ1n) is 7.56. The molecule has 2 heterocycles. The number of nitrogens with one attached hydrogen (secondary N) is 1. The average Bonchev–Trinajstić information content (AvgIpc) is 3.21. The van der Waals surface area contributed by atoms with Gasteiger partial charge in [-0.05, 0) is 37.8 Å². The Balaban J connectivity index is 1.62. The third-order valence-corrected chi connectivity index (χ3v) is 7.31. The van der Waals surface area contributed by atoms with E-state index in [1.54, 1.807) is 10.4 Å². The molecule has 0 unspecified atom stereocenters. The highest BCUT2D eigenvalue weighted by molar-refractivity contribution is 7.91. The van der Waals surface area contributed by atoms with Gasteiger partial charge in [-0.2, -0.15) is 4.31 Å². The number of rotatable bonds is 6. The predicted molar refractivity (Wildman–Crippen MR) is 83.2 cm³/mol. The zero-order valence-corrected chi connectivity index (χ0v) is 13.7. The zero-order valence-electron chi connectivity index (χ0n) is 12.1. The van der Waals surface area contributed by atoms with E-state index in [0.29, 0.717) is 36.6 Å². The molecule has 1 aliphatic heterocycles. The third kappa shape index (κ3) is 4.04. The van der Waals surface area contributed by atoms with Gasteiger partial charge in [0.1, 0.15) is 4.21 Å². The van der Waals surface area contributed by atoms with E-state index in [-0.39, 0.29) is 0 Å². The Labute approximate surface area is 130 Å². The highest BCUT2D eigenvalue weighted by Gasteiger charge is 2.27. The van der Waals surface area contributed by atoms with Crippen LogP contribution in [-0.4, -0.2) is 51.6 Å². The van der Waals surface area contributed by atoms with Crippen LogP contribution in [-0.2, 0) is 21.2 Å². The maximum Gasteiger partial charge on any atom is 0.252 e. The van der Waals surface area contributed by atoms with Crippen LogP contribution in [0.4, 0.5) is 0 Å². The van der Waals surface area contributed by atoms with Gasteiger partial charge in [-0.25, -0.2) is 8.42 Å². The fourth-order valence-electron chi connectivity index (χ4n) is 2.41. The number of sulfonamides is 1. The second-order valence-corrected chi connectivity index (χ2v) is 8.90. The fourth-order valence-corrected chi connectivity index (χ4v) is 5.38. The summed E-state index contributed by atoms with van der Waals surface area (Å²) in [5.74, 6) is 0. The predicted octanol–water partition coefficient (Wildman–Crippen LogP) is 1.45. The highest BCUT2D eigenvalue weighted by Crippen LogP contribution is 2.26. The summed E-state index contributed by atoms with van der Waals surface area (Å²) in [6, 6.07) is 4.39. The van der Waals surface area contributed by atoms with E-state index in [1.165, 1.54) is 24.2 Å². The summed E-state index contributed by atoms with van der Waals surface area (Å²) in [4.78, 5) is 1.13. The fraction of sp³-hybridized carbons (Fsp3) is 0.714. The number of nitrogens with zero attached hydrogens (tertiary/aromatic N) is 1. The van der Waals surface area contributed by atoms with Gasteiger partial charge < -0.3 is 10.1 Å². The van der Waals surface area contributed by atoms with Gasteiger partial charge in [0.25, 0.3) is 10.0 Å². The molecule has 0 bridgehead atoms. The Morgan fingerprint density at radius 2 is 2.14 bits per heavy atom. The lowest BCUT2D eigenvalue weighted by atomic mass is 10.3. The van der Waals surface area contributed by atoms with Crippen molar-refractivity contribution >= 4 is 21.4 Å². The molecule has 0 radical (unpaired) electrons. The van der Waals surface area contributed by atoms with Crippen molar-refractivity contribution < 1.29 is 13.2 Å². The number of hydrogen-bond acceptors (Lipinski definition) is 5. The summed E-state index contributed by atoms with van der Waals surface area (Å²) in [5, 5.41) is 3.45. The summed E-state index contributed by atoms with van der Waals surface area (Å²) in [6.07, 6.45) is 4.23. The van der Waals surface area contributed by atoms with Gasteiger partial charge in [0.2, 0.25) is 0 Å². The summed E-state index contributed by atoms with van der Waals surface area (Å²) >= 11 is 1.40. The Kier molecular flexibility index (Phi) is 4.96. The number of thiophene rings is 1. The Bertz CT molecular complexity index is 559. The van der Waals surface area contributed by atoms with Gasteiger partial charge in [0.05, 0.1) is 6.61 Å². The summed E-state index contributed by atoms with van der Waals surface area (Å²) in [6.45, 7) is 3.08. The quantitative estimate of drug-likeness (QED) is 0.858. The van der Waals surface area contributed by atoms with Crippen LogP contribution >= 0.6 is 11.3 Å². The molecule has 0 spiro atoms. The topological polar surface area (TPSA) is 58.6 Å². The van der Waals surface area contributed by atoms with Crippen LogP contribution in [0.3, 0.4) is 0 Å². The van der Waals surface area contributed by atoms with Crippen LogP contribution in [0, 0.1) is 0 Å². The van der Waals surface area contributed by atoms with E-state index in [9.17, 15) is 8.42 Å². The summed E-state index contributed by atoms with van der Waals surface area (Å²) in [7, 11) is -3.34. The van der Waals surface area contributed by atoms with Crippen LogP contribution in [0.2, 0.25) is 0 Å². The Morgan fingerprint density at radius 3 is 2.95 bits per heavy atom. The molecule has 0 aromatic carbocycles. The SMILES string of the molecule is O=S(=O)(c1ccc(CCNC2CC2)s1)N1CCCOCC1. The van der Waals surface area contributed by atoms with Gasteiger partial charge in [-0.1, -0.05) is 0 Å². The molecule has 1 aliphatic carbocycles. The lowest BCUT2D eigenvalue weighted by Crippen LogP contribution is -2.32. The van der Waals surface area contributed by atoms with Crippen molar-refractivity contribution in [2.24, 2.45) is 0 Å². The number of ether oxygens (including phenoxy) is 1. The lowest BCUT2D eigenvalue weighted by Gasteiger charge is -2.17. The molecule has 7 heteroatoms. The second-order valence-electron chi connectivity index (χ2n) is 5.57. The van der Waals surface area contributed by atoms with Gasteiger partial charge in [0.15, 0.2) is 0 Å². The Hall–Kier alpha value is -0.470. The van der Waals surface area contributed by atoms with E-state index in [4.69, 9.17) is 4.74 Å². The van der Waals surface area contributed by atoms with Gasteiger partial charge in [-0.3, -0.25) is 0 Å². The molecule has 1 aromatic heterocycles. The molecular weight excluding hydrogens is 308 g/mol. The van der Waals surface area contributed by atoms with Gasteiger partial charge in [0, 0.05) is 37.2 Å². The lowest BCUT2D eigenvalue weighted by molar-refractivity contribution is 0.148. The van der Waals surface area contributed by atoms with Crippen LogP contribution in [0.15, 0.2) is 16.3 Å². The monoisotopic (exact) mass is 330 g/mol. The maximum absolute atomic E-state index is 12.6. The molecule has 5 nitrogen and oxygen atoms in total. The Morgan fingerprint density at radius 1 is 1.29 bits per heavy atom. The van der Waals surface area contributed by atoms with Gasteiger partial charge >= 0.3 is 0 Å². The molecule has 2 aliphatic rings. The second kappa shape index (κ2) is 6.75. The molecule has 1 saturated heterocycles. The molecular formula is C14H22N2O3S2. The van der Waals surface area contributed by atoms with Crippen molar-refractivity contribution in [1.82, 2.24) is 9.62 Å². The van der Waals surface area contributed by atoms with E-state index < -0.39 is 10.0 Å². The highest BCUT2D eigenvalue weighted by atomic mass is 32.2. The summed E-state index contributed by atoms with van der Waals surface area (Å²) in [5.41, 5.74) is 0. The first-order chi connectivity index (χ1) is 10.2. The number of hydrogen-bond donors (Lipinski definition) is 1. The summed E-state index contributed by atoms with van der Waals surface area (Å²) < 4.78 is 32.6. The molecule has 1 aromatic rings. The molecule has 0 amide bonds. The minimum absolute atomic E-state index is 0.457. The van der Waals surface area contributed by atoms with E-state index >= 15 is 0 Å². The van der Waals surface area contributed by atoms with E-state index in [1.807, 2.05) is 6.07 Å². The molecule has 3 rings (SSSR count). The molecule has 0 atom stereocenters. The third-order valence-electron chi connectivity index (χ3n) is 3.79. The van der Waals surface area contributed by atoms with Crippen LogP contribution < -0.4 is 5.32 Å². The molecule has 118 valence electrons. The first-order valence-corrected chi connectivity index (χ1v) is 9.82. The smallest absolute Gasteiger partial charge is 0.252 e. The zero-order chi connectivity index (χ0) is 14.7. The van der Waals surface area contributed by atoms with Crippen molar-refractivity contribution in [3.05, 3.63) is 17.0 Å². The molecule has 2 fully saturated rings. The van der Waals surface area contributed by atoms with Crippen LogP contribution in [0.25, 0.3) is 0 Å². The van der Waals surface area contributed by atoms with E-state index in [2.05, 4.69) is 5.32 Å². The average molecular weight is 330 g/mol. The molecule has 21 heavy (non-hydrogen) atoms. The van der Waals surface area contributed by atoms with Crippen molar-refractivity contribution in [3.8, 4) is 0 Å². The van der Waals surface area contributed by atoms with Crippen molar-refractivity contribution in [2.45, 2.75) is 35.9 Å². The van der Waals surface area contributed by atoms with Gasteiger partial charge in [-0.15, -0.1) is 11.3 Å². The maximum atomic E-state index is 12.6. The minimum atomic E-state index is -3.34. The van der Waals surface area contributed by atoms with Crippen molar-refractivity contribution in [2.75, 3.05) is 32.8 Å². The molecule has 1 saturated carbocycles. The first kappa shape index (κ1) is 15.4. The van der Waals surface area contributed by atoms with Crippen molar-refractivity contribution in [1.29, 1.82) is 0 Å².